The second kappa shape index (κ2) is 2.93. The smallest absolute Gasteiger partial charge is 0.214 e. The van der Waals surface area contributed by atoms with Gasteiger partial charge in [0.2, 0.25) is 12.2 Å². The van der Waals surface area contributed by atoms with Crippen molar-refractivity contribution in [3.05, 3.63) is 36.2 Å². The summed E-state index contributed by atoms with van der Waals surface area (Å²) in [5, 5.41) is 3.45. The second-order valence-corrected chi connectivity index (χ2v) is 2.41. The lowest BCUT2D eigenvalue weighted by Crippen LogP contribution is -1.85. The van der Waals surface area contributed by atoms with Crippen LogP contribution in [0.2, 0.25) is 0 Å². The van der Waals surface area contributed by atoms with E-state index in [2.05, 4.69) is 14.7 Å². The number of nitrogens with zero attached hydrogens (tertiary/aromatic N) is 2. The molecular weight excluding hydrogens is 178 g/mol. The maximum atomic E-state index is 12.7. The highest BCUT2D eigenvalue weighted by Gasteiger charge is 2.06. The lowest BCUT2D eigenvalue weighted by molar-refractivity contribution is 0.418. The fourth-order valence-corrected chi connectivity index (χ4v) is 0.981. The van der Waals surface area contributed by atoms with Crippen LogP contribution in [0.25, 0.3) is 11.4 Å². The first-order valence-electron chi connectivity index (χ1n) is 3.48. The Kier molecular flexibility index (Phi) is 1.77. The van der Waals surface area contributed by atoms with Crippen LogP contribution in [0.1, 0.15) is 0 Å². The zero-order chi connectivity index (χ0) is 9.26. The van der Waals surface area contributed by atoms with Gasteiger partial charge in [-0.25, -0.2) is 8.78 Å². The molecule has 1 aromatic heterocycles. The zero-order valence-corrected chi connectivity index (χ0v) is 6.37. The van der Waals surface area contributed by atoms with E-state index in [0.717, 1.165) is 24.6 Å². The Balaban J connectivity index is 2.53. The number of benzene rings is 1. The Labute approximate surface area is 72.0 Å². The SMILES string of the molecule is Fc1cc(F)cc(-c2ncon2)c1. The van der Waals surface area contributed by atoms with Gasteiger partial charge < -0.3 is 4.52 Å². The van der Waals surface area contributed by atoms with Gasteiger partial charge in [-0.05, 0) is 12.1 Å². The molecule has 2 aromatic rings. The normalized spacial score (nSPS) is 10.3. The summed E-state index contributed by atoms with van der Waals surface area (Å²) in [7, 11) is 0. The fourth-order valence-electron chi connectivity index (χ4n) is 0.981. The van der Waals surface area contributed by atoms with E-state index in [1.54, 1.807) is 0 Å². The van der Waals surface area contributed by atoms with Crippen LogP contribution in [0.5, 0.6) is 0 Å². The Bertz CT molecular complexity index is 394. The van der Waals surface area contributed by atoms with Gasteiger partial charge in [-0.15, -0.1) is 0 Å². The average molecular weight is 182 g/mol. The lowest BCUT2D eigenvalue weighted by Gasteiger charge is -1.94. The van der Waals surface area contributed by atoms with Crippen LogP contribution in [0, 0.1) is 11.6 Å². The summed E-state index contributed by atoms with van der Waals surface area (Å²) in [6.45, 7) is 0. The minimum atomic E-state index is -0.667. The van der Waals surface area contributed by atoms with Crippen molar-refractivity contribution in [2.75, 3.05) is 0 Å². The van der Waals surface area contributed by atoms with Crippen LogP contribution in [-0.2, 0) is 0 Å². The molecule has 0 aliphatic heterocycles. The highest BCUT2D eigenvalue weighted by Crippen LogP contribution is 2.17. The third kappa shape index (κ3) is 1.53. The zero-order valence-electron chi connectivity index (χ0n) is 6.37. The molecule has 0 N–H and O–H groups in total. The van der Waals surface area contributed by atoms with Gasteiger partial charge in [0.05, 0.1) is 0 Å². The Morgan fingerprint density at radius 3 is 2.31 bits per heavy atom. The number of hydrogen-bond acceptors (Lipinski definition) is 3. The number of hydrogen-bond donors (Lipinski definition) is 0. The first kappa shape index (κ1) is 7.85. The minimum absolute atomic E-state index is 0.165. The molecule has 3 nitrogen and oxygen atoms in total. The van der Waals surface area contributed by atoms with E-state index in [-0.39, 0.29) is 11.4 Å². The summed E-state index contributed by atoms with van der Waals surface area (Å²) >= 11 is 0. The van der Waals surface area contributed by atoms with Crippen molar-refractivity contribution in [1.82, 2.24) is 10.1 Å². The molecule has 13 heavy (non-hydrogen) atoms. The molecule has 0 aliphatic carbocycles. The van der Waals surface area contributed by atoms with E-state index in [9.17, 15) is 8.78 Å². The molecule has 0 amide bonds. The predicted molar refractivity (Wildman–Crippen MR) is 39.7 cm³/mol. The van der Waals surface area contributed by atoms with Crippen LogP contribution < -0.4 is 0 Å². The molecular formula is C8H4F2N2O. The second-order valence-electron chi connectivity index (χ2n) is 2.41. The van der Waals surface area contributed by atoms with Crippen LogP contribution in [0.3, 0.4) is 0 Å². The van der Waals surface area contributed by atoms with Crippen molar-refractivity contribution >= 4 is 0 Å². The lowest BCUT2D eigenvalue weighted by atomic mass is 10.2. The van der Waals surface area contributed by atoms with Crippen LogP contribution >= 0.6 is 0 Å². The minimum Gasteiger partial charge on any atom is -0.342 e. The summed E-state index contributed by atoms with van der Waals surface area (Å²) in [5.74, 6) is -1.17. The molecule has 0 saturated heterocycles. The molecule has 0 spiro atoms. The topological polar surface area (TPSA) is 38.9 Å². The van der Waals surface area contributed by atoms with Gasteiger partial charge in [-0.2, -0.15) is 4.98 Å². The third-order valence-electron chi connectivity index (χ3n) is 1.48. The highest BCUT2D eigenvalue weighted by molar-refractivity contribution is 5.53. The molecule has 0 aliphatic rings. The third-order valence-corrected chi connectivity index (χ3v) is 1.48. The van der Waals surface area contributed by atoms with Gasteiger partial charge in [0.15, 0.2) is 0 Å². The highest BCUT2D eigenvalue weighted by atomic mass is 19.1. The largest absolute Gasteiger partial charge is 0.342 e. The maximum absolute atomic E-state index is 12.7. The Morgan fingerprint density at radius 2 is 1.77 bits per heavy atom. The first-order valence-corrected chi connectivity index (χ1v) is 3.48. The molecule has 0 unspecified atom stereocenters. The van der Waals surface area contributed by atoms with Crippen molar-refractivity contribution in [3.63, 3.8) is 0 Å². The first-order chi connectivity index (χ1) is 6.25. The number of halogens is 2. The molecule has 0 atom stereocenters. The van der Waals surface area contributed by atoms with Crippen molar-refractivity contribution in [2.24, 2.45) is 0 Å². The predicted octanol–water partition coefficient (Wildman–Crippen LogP) is 2.01. The molecule has 1 aromatic carbocycles. The van der Waals surface area contributed by atoms with Crippen LogP contribution in [-0.4, -0.2) is 10.1 Å². The molecule has 2 rings (SSSR count). The summed E-state index contributed by atoms with van der Waals surface area (Å²) in [6, 6.07) is 3.05. The molecule has 0 fully saturated rings. The van der Waals surface area contributed by atoms with Gasteiger partial charge in [0.1, 0.15) is 11.6 Å². The van der Waals surface area contributed by atoms with Crippen molar-refractivity contribution in [3.8, 4) is 11.4 Å². The van der Waals surface area contributed by atoms with Crippen molar-refractivity contribution < 1.29 is 13.3 Å². The summed E-state index contributed by atoms with van der Waals surface area (Å²) in [6.07, 6.45) is 1.10. The van der Waals surface area contributed by atoms with Crippen LogP contribution in [0.4, 0.5) is 8.78 Å². The standard InChI is InChI=1S/C8H4F2N2O/c9-6-1-5(2-7(10)3-6)8-11-4-13-12-8/h1-4H. The van der Waals surface area contributed by atoms with E-state index < -0.39 is 11.6 Å². The Morgan fingerprint density at radius 1 is 1.08 bits per heavy atom. The van der Waals surface area contributed by atoms with Crippen LogP contribution in [0.15, 0.2) is 29.1 Å². The number of aromatic nitrogens is 2. The van der Waals surface area contributed by atoms with Gasteiger partial charge in [-0.1, -0.05) is 5.16 Å². The van der Waals surface area contributed by atoms with E-state index in [0.29, 0.717) is 0 Å². The van der Waals surface area contributed by atoms with Crippen molar-refractivity contribution in [1.29, 1.82) is 0 Å². The van der Waals surface area contributed by atoms with Gasteiger partial charge in [0, 0.05) is 11.6 Å². The van der Waals surface area contributed by atoms with E-state index in [4.69, 9.17) is 0 Å². The quantitative estimate of drug-likeness (QED) is 0.677. The van der Waals surface area contributed by atoms with E-state index in [1.807, 2.05) is 0 Å². The fraction of sp³-hybridized carbons (Fsp3) is 0. The van der Waals surface area contributed by atoms with Gasteiger partial charge >= 0.3 is 0 Å². The summed E-state index contributed by atoms with van der Waals surface area (Å²) in [4.78, 5) is 3.66. The molecule has 66 valence electrons. The van der Waals surface area contributed by atoms with Gasteiger partial charge in [-0.3, -0.25) is 0 Å². The molecule has 1 heterocycles. The number of rotatable bonds is 1. The van der Waals surface area contributed by atoms with E-state index >= 15 is 0 Å². The van der Waals surface area contributed by atoms with E-state index in [1.165, 1.54) is 0 Å². The Hall–Kier alpha value is -1.78. The summed E-state index contributed by atoms with van der Waals surface area (Å²) < 4.78 is 29.8. The summed E-state index contributed by atoms with van der Waals surface area (Å²) in [5.41, 5.74) is 0.256. The monoisotopic (exact) mass is 182 g/mol. The van der Waals surface area contributed by atoms with Gasteiger partial charge in [0.25, 0.3) is 0 Å². The molecule has 5 heteroatoms. The molecule has 0 saturated carbocycles. The molecule has 0 radical (unpaired) electrons. The average Bonchev–Trinajstić information content (AvgIpc) is 2.53. The molecule has 0 bridgehead atoms. The van der Waals surface area contributed by atoms with Crippen molar-refractivity contribution in [2.45, 2.75) is 0 Å². The maximum Gasteiger partial charge on any atom is 0.214 e.